The Balaban J connectivity index is 2.08. The number of carbonyl (C=O) groups is 2. The van der Waals surface area contributed by atoms with Gasteiger partial charge in [-0.15, -0.1) is 0 Å². The van der Waals surface area contributed by atoms with E-state index >= 15 is 0 Å². The maximum absolute atomic E-state index is 11.8. The number of aryl methyl sites for hydroxylation is 1. The van der Waals surface area contributed by atoms with Gasteiger partial charge < -0.3 is 15.4 Å². The molecule has 0 fully saturated rings. The highest BCUT2D eigenvalue weighted by molar-refractivity contribution is 6.02. The molecule has 2 heterocycles. The van der Waals surface area contributed by atoms with Gasteiger partial charge in [0.15, 0.2) is 11.4 Å². The maximum atomic E-state index is 11.8. The number of hydrogen-bond acceptors (Lipinski definition) is 4. The Kier molecular flexibility index (Phi) is 3.32. The Hall–Kier alpha value is -2.64. The van der Waals surface area contributed by atoms with Crippen LogP contribution in [0.25, 0.3) is 0 Å². The number of rotatable bonds is 4. The van der Waals surface area contributed by atoms with E-state index in [1.54, 1.807) is 17.9 Å². The third kappa shape index (κ3) is 2.46. The van der Waals surface area contributed by atoms with Gasteiger partial charge in [0.25, 0.3) is 5.91 Å². The van der Waals surface area contributed by atoms with Crippen molar-refractivity contribution in [2.45, 2.75) is 13.5 Å². The van der Waals surface area contributed by atoms with Crippen molar-refractivity contribution in [2.75, 3.05) is 0 Å². The summed E-state index contributed by atoms with van der Waals surface area (Å²) in [6, 6.07) is 0. The van der Waals surface area contributed by atoms with Crippen molar-refractivity contribution in [1.29, 1.82) is 0 Å². The molecule has 2 aromatic heterocycles. The van der Waals surface area contributed by atoms with Gasteiger partial charge in [-0.1, -0.05) is 0 Å². The smallest absolute Gasteiger partial charge is 0.354 e. The predicted octanol–water partition coefficient (Wildman–Crippen LogP) is 0.0798. The number of hydrogen-bond donors (Lipinski definition) is 3. The molecule has 0 saturated carbocycles. The van der Waals surface area contributed by atoms with Crippen molar-refractivity contribution in [3.8, 4) is 0 Å². The van der Waals surface area contributed by atoms with Gasteiger partial charge in [0, 0.05) is 24.8 Å². The van der Waals surface area contributed by atoms with Gasteiger partial charge >= 0.3 is 5.97 Å². The molecule has 0 saturated heterocycles. The minimum Gasteiger partial charge on any atom is -0.477 e. The van der Waals surface area contributed by atoms with Crippen molar-refractivity contribution < 1.29 is 14.7 Å². The molecule has 0 radical (unpaired) electrons. The van der Waals surface area contributed by atoms with Crippen LogP contribution in [0.4, 0.5) is 0 Å². The first-order chi connectivity index (χ1) is 9.00. The summed E-state index contributed by atoms with van der Waals surface area (Å²) in [5, 5.41) is 15.5. The Labute approximate surface area is 108 Å². The van der Waals surface area contributed by atoms with E-state index in [-0.39, 0.29) is 17.9 Å². The van der Waals surface area contributed by atoms with E-state index in [2.05, 4.69) is 20.4 Å². The molecule has 0 bridgehead atoms. The highest BCUT2D eigenvalue weighted by atomic mass is 16.4. The van der Waals surface area contributed by atoms with Crippen LogP contribution in [0.5, 0.6) is 0 Å². The first kappa shape index (κ1) is 12.8. The highest BCUT2D eigenvalue weighted by Crippen LogP contribution is 2.06. The maximum Gasteiger partial charge on any atom is 0.354 e. The van der Waals surface area contributed by atoms with E-state index < -0.39 is 11.9 Å². The topological polar surface area (TPSA) is 113 Å². The molecular weight excluding hydrogens is 250 g/mol. The number of nitrogens with zero attached hydrogens (tertiary/aromatic N) is 3. The normalized spacial score (nSPS) is 10.4. The van der Waals surface area contributed by atoms with Gasteiger partial charge in [-0.25, -0.2) is 9.78 Å². The molecule has 0 aliphatic carbocycles. The van der Waals surface area contributed by atoms with Crippen molar-refractivity contribution in [2.24, 2.45) is 7.05 Å². The minimum atomic E-state index is -1.22. The largest absolute Gasteiger partial charge is 0.477 e. The highest BCUT2D eigenvalue weighted by Gasteiger charge is 2.19. The van der Waals surface area contributed by atoms with Gasteiger partial charge in [-0.3, -0.25) is 9.48 Å². The lowest BCUT2D eigenvalue weighted by atomic mass is 10.2. The third-order valence-electron chi connectivity index (χ3n) is 2.84. The number of aromatic nitrogens is 4. The van der Waals surface area contributed by atoms with Gasteiger partial charge in [-0.2, -0.15) is 5.10 Å². The first-order valence-electron chi connectivity index (χ1n) is 5.53. The molecule has 3 N–H and O–H groups in total. The number of H-pyrrole nitrogens is 1. The summed E-state index contributed by atoms with van der Waals surface area (Å²) in [6.07, 6.45) is 2.83. The zero-order chi connectivity index (χ0) is 14.0. The molecular formula is C11H13N5O3. The monoisotopic (exact) mass is 263 g/mol. The van der Waals surface area contributed by atoms with E-state index in [0.717, 1.165) is 11.3 Å². The van der Waals surface area contributed by atoms with Crippen molar-refractivity contribution in [3.05, 3.63) is 35.2 Å². The Morgan fingerprint density at radius 1 is 1.53 bits per heavy atom. The van der Waals surface area contributed by atoms with Crippen molar-refractivity contribution in [1.82, 2.24) is 25.1 Å². The number of nitrogens with one attached hydrogen (secondary N) is 2. The minimum absolute atomic E-state index is 0.131. The fraction of sp³-hybridized carbons (Fsp3) is 0.273. The summed E-state index contributed by atoms with van der Waals surface area (Å²) < 4.78 is 1.69. The predicted molar refractivity (Wildman–Crippen MR) is 64.7 cm³/mol. The molecule has 0 aliphatic heterocycles. The fourth-order valence-corrected chi connectivity index (χ4v) is 1.61. The zero-order valence-corrected chi connectivity index (χ0v) is 10.5. The Bertz CT molecular complexity index is 628. The first-order valence-corrected chi connectivity index (χ1v) is 5.53. The number of carboxylic acid groups (broad SMARTS) is 1. The lowest BCUT2D eigenvalue weighted by Crippen LogP contribution is -2.25. The second kappa shape index (κ2) is 4.92. The quantitative estimate of drug-likeness (QED) is 0.723. The molecule has 0 atom stereocenters. The molecule has 8 nitrogen and oxygen atoms in total. The summed E-state index contributed by atoms with van der Waals surface area (Å²) in [5.74, 6) is -1.76. The Morgan fingerprint density at radius 3 is 2.84 bits per heavy atom. The molecule has 0 aromatic carbocycles. The summed E-state index contributed by atoms with van der Waals surface area (Å²) in [5.41, 5.74) is 1.44. The molecule has 8 heteroatoms. The van der Waals surface area contributed by atoms with Gasteiger partial charge in [0.1, 0.15) is 0 Å². The second-order valence-corrected chi connectivity index (χ2v) is 3.99. The summed E-state index contributed by atoms with van der Waals surface area (Å²) in [7, 11) is 1.80. The molecule has 2 aromatic rings. The summed E-state index contributed by atoms with van der Waals surface area (Å²) in [6.45, 7) is 2.15. The van der Waals surface area contributed by atoms with E-state index in [1.807, 2.05) is 6.92 Å². The Morgan fingerprint density at radius 2 is 2.26 bits per heavy atom. The van der Waals surface area contributed by atoms with Crippen LogP contribution in [-0.4, -0.2) is 36.7 Å². The van der Waals surface area contributed by atoms with Crippen LogP contribution in [0.2, 0.25) is 0 Å². The van der Waals surface area contributed by atoms with Gasteiger partial charge in [0.2, 0.25) is 0 Å². The summed E-state index contributed by atoms with van der Waals surface area (Å²) in [4.78, 5) is 28.8. The summed E-state index contributed by atoms with van der Waals surface area (Å²) >= 11 is 0. The van der Waals surface area contributed by atoms with Crippen LogP contribution in [0.3, 0.4) is 0 Å². The van der Waals surface area contributed by atoms with Crippen LogP contribution in [0.15, 0.2) is 12.5 Å². The molecule has 0 unspecified atom stereocenters. The average Bonchev–Trinajstić information content (AvgIpc) is 2.96. The lowest BCUT2D eigenvalue weighted by Gasteiger charge is -2.03. The number of amides is 1. The van der Waals surface area contributed by atoms with Gasteiger partial charge in [0.05, 0.1) is 12.5 Å². The van der Waals surface area contributed by atoms with Gasteiger partial charge in [-0.05, 0) is 6.92 Å². The molecule has 0 aliphatic rings. The number of imidazole rings is 1. The average molecular weight is 263 g/mol. The SMILES string of the molecule is Cc1c(CNC(=O)c2nc[nH]c2C(=O)O)cnn1C. The van der Waals surface area contributed by atoms with E-state index in [0.29, 0.717) is 0 Å². The third-order valence-corrected chi connectivity index (χ3v) is 2.84. The number of carbonyl (C=O) groups excluding carboxylic acids is 1. The van der Waals surface area contributed by atoms with Crippen molar-refractivity contribution in [3.63, 3.8) is 0 Å². The van der Waals surface area contributed by atoms with E-state index in [9.17, 15) is 9.59 Å². The molecule has 2 rings (SSSR count). The zero-order valence-electron chi connectivity index (χ0n) is 10.5. The molecule has 0 spiro atoms. The van der Waals surface area contributed by atoms with E-state index in [4.69, 9.17) is 5.11 Å². The fourth-order valence-electron chi connectivity index (χ4n) is 1.61. The number of aromatic amines is 1. The van der Waals surface area contributed by atoms with Crippen LogP contribution in [-0.2, 0) is 13.6 Å². The van der Waals surface area contributed by atoms with Crippen LogP contribution < -0.4 is 5.32 Å². The van der Waals surface area contributed by atoms with Crippen LogP contribution in [0, 0.1) is 6.92 Å². The lowest BCUT2D eigenvalue weighted by molar-refractivity contribution is 0.0685. The van der Waals surface area contributed by atoms with Crippen molar-refractivity contribution >= 4 is 11.9 Å². The van der Waals surface area contributed by atoms with E-state index in [1.165, 1.54) is 6.33 Å². The number of aromatic carboxylic acids is 1. The standard InChI is InChI=1S/C11H13N5O3/c1-6-7(4-15-16(6)2)3-12-10(17)8-9(11(18)19)14-5-13-8/h4-5H,3H2,1-2H3,(H,12,17)(H,13,14)(H,18,19). The van der Waals surface area contributed by atoms with Crippen LogP contribution in [0.1, 0.15) is 32.2 Å². The molecule has 1 amide bonds. The number of carboxylic acids is 1. The van der Waals surface area contributed by atoms with Crippen LogP contribution >= 0.6 is 0 Å². The second-order valence-electron chi connectivity index (χ2n) is 3.99. The molecule has 19 heavy (non-hydrogen) atoms. The molecule has 100 valence electrons.